The number of nitrogens with zero attached hydrogens (tertiary/aromatic N) is 2. The Labute approximate surface area is 134 Å². The first-order valence-electron chi connectivity index (χ1n) is 8.58. The lowest BCUT2D eigenvalue weighted by Crippen LogP contribution is -2.47. The molecular formula is C17H31N3O2. The van der Waals surface area contributed by atoms with Crippen molar-refractivity contribution in [2.75, 3.05) is 33.8 Å². The first kappa shape index (κ1) is 16.1. The molecule has 5 atom stereocenters. The highest BCUT2D eigenvalue weighted by Crippen LogP contribution is 2.47. The third kappa shape index (κ3) is 2.85. The largest absolute Gasteiger partial charge is 0.379 e. The second-order valence-electron chi connectivity index (χ2n) is 8.04. The molecule has 22 heavy (non-hydrogen) atoms. The number of hydrogen-bond acceptors (Lipinski definition) is 3. The number of fused-ring (bicyclic) bond motifs is 5. The minimum atomic E-state index is 0.120. The van der Waals surface area contributed by atoms with Crippen molar-refractivity contribution in [3.63, 3.8) is 0 Å². The van der Waals surface area contributed by atoms with Gasteiger partial charge in [-0.05, 0) is 18.3 Å². The molecule has 3 fully saturated rings. The molecule has 5 heteroatoms. The molecule has 3 saturated heterocycles. The third-order valence-electron chi connectivity index (χ3n) is 5.66. The van der Waals surface area contributed by atoms with Crippen LogP contribution in [0.3, 0.4) is 0 Å². The minimum Gasteiger partial charge on any atom is -0.379 e. The normalized spacial score (nSPS) is 35.9. The molecular weight excluding hydrogens is 278 g/mol. The molecule has 0 aromatic heterocycles. The maximum absolute atomic E-state index is 6.05. The van der Waals surface area contributed by atoms with Crippen LogP contribution in [0, 0.1) is 17.3 Å². The molecule has 3 aliphatic rings. The number of aliphatic imine (C=N–C) groups is 1. The third-order valence-corrected chi connectivity index (χ3v) is 5.66. The van der Waals surface area contributed by atoms with Gasteiger partial charge in [-0.15, -0.1) is 0 Å². The fourth-order valence-corrected chi connectivity index (χ4v) is 4.39. The Balaban J connectivity index is 1.57. The molecule has 0 aromatic rings. The fraction of sp³-hybridized carbons (Fsp3) is 0.941. The lowest BCUT2D eigenvalue weighted by Gasteiger charge is -2.31. The molecule has 3 rings (SSSR count). The zero-order chi connectivity index (χ0) is 15.9. The van der Waals surface area contributed by atoms with Crippen molar-refractivity contribution in [3.8, 4) is 0 Å². The minimum absolute atomic E-state index is 0.120. The Kier molecular flexibility index (Phi) is 4.38. The van der Waals surface area contributed by atoms with Crippen LogP contribution < -0.4 is 5.32 Å². The van der Waals surface area contributed by atoms with E-state index in [4.69, 9.17) is 9.47 Å². The number of rotatable bonds is 3. The van der Waals surface area contributed by atoms with Gasteiger partial charge < -0.3 is 19.7 Å². The highest BCUT2D eigenvalue weighted by Gasteiger charge is 2.53. The van der Waals surface area contributed by atoms with E-state index < -0.39 is 0 Å². The number of nitrogens with one attached hydrogen (secondary N) is 1. The van der Waals surface area contributed by atoms with Crippen LogP contribution >= 0.6 is 0 Å². The maximum atomic E-state index is 6.05. The van der Waals surface area contributed by atoms with Crippen LogP contribution in [-0.4, -0.2) is 63.0 Å². The summed E-state index contributed by atoms with van der Waals surface area (Å²) in [4.78, 5) is 6.91. The van der Waals surface area contributed by atoms with Crippen molar-refractivity contribution in [2.45, 2.75) is 51.9 Å². The Morgan fingerprint density at radius 3 is 2.32 bits per heavy atom. The summed E-state index contributed by atoms with van der Waals surface area (Å²) in [5, 5.41) is 3.52. The molecule has 5 unspecified atom stereocenters. The molecule has 3 aliphatic heterocycles. The molecule has 5 nitrogen and oxygen atoms in total. The van der Waals surface area contributed by atoms with Crippen LogP contribution in [0.15, 0.2) is 4.99 Å². The predicted molar refractivity (Wildman–Crippen MR) is 88.1 cm³/mol. The first-order valence-corrected chi connectivity index (χ1v) is 8.58. The summed E-state index contributed by atoms with van der Waals surface area (Å²) in [5.41, 5.74) is 0.120. The van der Waals surface area contributed by atoms with Gasteiger partial charge in [-0.2, -0.15) is 0 Å². The molecule has 0 radical (unpaired) electrons. The lowest BCUT2D eigenvalue weighted by molar-refractivity contribution is 0.0200. The molecule has 2 bridgehead atoms. The van der Waals surface area contributed by atoms with Gasteiger partial charge in [-0.3, -0.25) is 4.99 Å². The number of methoxy groups -OCH3 is 1. The van der Waals surface area contributed by atoms with Crippen molar-refractivity contribution >= 4 is 5.96 Å². The van der Waals surface area contributed by atoms with E-state index in [1.54, 1.807) is 7.11 Å². The summed E-state index contributed by atoms with van der Waals surface area (Å²) in [6, 6.07) is 0. The highest BCUT2D eigenvalue weighted by molar-refractivity contribution is 5.80. The Hall–Kier alpha value is -0.810. The van der Waals surface area contributed by atoms with E-state index in [1.165, 1.54) is 12.8 Å². The summed E-state index contributed by atoms with van der Waals surface area (Å²) in [6.45, 7) is 9.59. The monoisotopic (exact) mass is 309 g/mol. The SMILES string of the molecule is CN=C(NCC(OC)C(C)(C)C)N1CC2C3CCC(O3)C2C1. The second-order valence-corrected chi connectivity index (χ2v) is 8.04. The zero-order valence-corrected chi connectivity index (χ0v) is 14.6. The molecule has 3 heterocycles. The van der Waals surface area contributed by atoms with Gasteiger partial charge in [0.05, 0.1) is 18.3 Å². The number of likely N-dealkylation sites (tertiary alicyclic amines) is 1. The first-order chi connectivity index (χ1) is 10.4. The standard InChI is InChI=1S/C17H31N3O2/c1-17(2,3)15(21-5)8-19-16(18-4)20-9-11-12(10-20)14-7-6-13(11)22-14/h11-15H,6-10H2,1-5H3,(H,18,19). The average molecular weight is 309 g/mol. The molecule has 126 valence electrons. The number of guanidine groups is 1. The predicted octanol–water partition coefficient (Wildman–Crippen LogP) is 1.73. The van der Waals surface area contributed by atoms with E-state index in [0.29, 0.717) is 24.0 Å². The van der Waals surface area contributed by atoms with Crippen LogP contribution in [0.1, 0.15) is 33.6 Å². The van der Waals surface area contributed by atoms with E-state index >= 15 is 0 Å². The van der Waals surface area contributed by atoms with Crippen molar-refractivity contribution in [3.05, 3.63) is 0 Å². The van der Waals surface area contributed by atoms with Crippen LogP contribution in [-0.2, 0) is 9.47 Å². The second kappa shape index (κ2) is 6.00. The van der Waals surface area contributed by atoms with Crippen LogP contribution in [0.25, 0.3) is 0 Å². The van der Waals surface area contributed by atoms with Gasteiger partial charge in [-0.25, -0.2) is 0 Å². The smallest absolute Gasteiger partial charge is 0.193 e. The fourth-order valence-electron chi connectivity index (χ4n) is 4.39. The summed E-state index contributed by atoms with van der Waals surface area (Å²) in [7, 11) is 3.66. The number of ether oxygens (including phenoxy) is 2. The van der Waals surface area contributed by atoms with Gasteiger partial charge in [0.2, 0.25) is 0 Å². The lowest BCUT2D eigenvalue weighted by atomic mass is 9.82. The van der Waals surface area contributed by atoms with Crippen molar-refractivity contribution in [1.29, 1.82) is 0 Å². The van der Waals surface area contributed by atoms with Crippen molar-refractivity contribution in [1.82, 2.24) is 10.2 Å². The number of hydrogen-bond donors (Lipinski definition) is 1. The maximum Gasteiger partial charge on any atom is 0.193 e. The van der Waals surface area contributed by atoms with E-state index in [-0.39, 0.29) is 11.5 Å². The van der Waals surface area contributed by atoms with E-state index in [9.17, 15) is 0 Å². The van der Waals surface area contributed by atoms with E-state index in [0.717, 1.165) is 25.6 Å². The van der Waals surface area contributed by atoms with E-state index in [1.807, 2.05) is 7.05 Å². The molecule has 0 amide bonds. The van der Waals surface area contributed by atoms with Gasteiger partial charge in [0, 0.05) is 45.6 Å². The summed E-state index contributed by atoms with van der Waals surface area (Å²) >= 11 is 0. The quantitative estimate of drug-likeness (QED) is 0.637. The van der Waals surface area contributed by atoms with Gasteiger partial charge >= 0.3 is 0 Å². The molecule has 0 aromatic carbocycles. The van der Waals surface area contributed by atoms with Gasteiger partial charge in [-0.1, -0.05) is 20.8 Å². The Morgan fingerprint density at radius 1 is 1.27 bits per heavy atom. The van der Waals surface area contributed by atoms with Crippen LogP contribution in [0.4, 0.5) is 0 Å². The average Bonchev–Trinajstić information content (AvgIpc) is 3.13. The summed E-state index contributed by atoms with van der Waals surface area (Å²) in [5.74, 6) is 2.43. The summed E-state index contributed by atoms with van der Waals surface area (Å²) in [6.07, 6.45) is 3.67. The summed E-state index contributed by atoms with van der Waals surface area (Å²) < 4.78 is 11.7. The van der Waals surface area contributed by atoms with Gasteiger partial charge in [0.25, 0.3) is 0 Å². The zero-order valence-electron chi connectivity index (χ0n) is 14.6. The van der Waals surface area contributed by atoms with Crippen LogP contribution in [0.5, 0.6) is 0 Å². The van der Waals surface area contributed by atoms with Gasteiger partial charge in [0.15, 0.2) is 5.96 Å². The van der Waals surface area contributed by atoms with Crippen LogP contribution in [0.2, 0.25) is 0 Å². The van der Waals surface area contributed by atoms with Crippen molar-refractivity contribution in [2.24, 2.45) is 22.2 Å². The molecule has 0 saturated carbocycles. The Morgan fingerprint density at radius 2 is 1.86 bits per heavy atom. The topological polar surface area (TPSA) is 46.1 Å². The highest BCUT2D eigenvalue weighted by atomic mass is 16.5. The van der Waals surface area contributed by atoms with E-state index in [2.05, 4.69) is 36.0 Å². The molecule has 1 N–H and O–H groups in total. The molecule has 0 spiro atoms. The van der Waals surface area contributed by atoms with Crippen molar-refractivity contribution < 1.29 is 9.47 Å². The molecule has 0 aliphatic carbocycles. The Bertz CT molecular complexity index is 414. The van der Waals surface area contributed by atoms with Gasteiger partial charge in [0.1, 0.15) is 0 Å².